The van der Waals surface area contributed by atoms with Crippen LogP contribution in [-0.4, -0.2) is 69.5 Å². The van der Waals surface area contributed by atoms with Crippen LogP contribution >= 0.6 is 0 Å². The Hall–Kier alpha value is -1.40. The summed E-state index contributed by atoms with van der Waals surface area (Å²) in [7, 11) is 6.30. The van der Waals surface area contributed by atoms with Gasteiger partial charge in [0.25, 0.3) is 0 Å². The Labute approximate surface area is 369 Å². The maximum atomic E-state index is 13.0. The van der Waals surface area contributed by atoms with Crippen LogP contribution in [0, 0.1) is 0 Å². The van der Waals surface area contributed by atoms with Crippen LogP contribution in [0.5, 0.6) is 0 Å². The Morgan fingerprint density at radius 2 is 0.678 bits per heavy atom. The summed E-state index contributed by atoms with van der Waals surface area (Å²) < 4.78 is 18.8. The fraction of sp³-hybridized carbons (Fsp3) is 0.925. The van der Waals surface area contributed by atoms with E-state index >= 15 is 0 Å². The maximum Gasteiger partial charge on any atom is 0.306 e. The Kier molecular flexibility index (Phi) is 42.2. The van der Waals surface area contributed by atoms with Gasteiger partial charge in [-0.25, -0.2) is 0 Å². The summed E-state index contributed by atoms with van der Waals surface area (Å²) in [6.07, 6.45) is 51.2. The Morgan fingerprint density at radius 3 is 1.00 bits per heavy atom. The van der Waals surface area contributed by atoms with Crippen LogP contribution in [0.4, 0.5) is 0 Å². The molecule has 0 rings (SSSR count). The van der Waals surface area contributed by atoms with Crippen molar-refractivity contribution in [1.82, 2.24) is 0 Å². The zero-order chi connectivity index (χ0) is 43.4. The number of esters is 2. The number of hydrogen-bond acceptors (Lipinski definition) is 5. The molecule has 6 heteroatoms. The van der Waals surface area contributed by atoms with Crippen molar-refractivity contribution in [3.8, 4) is 0 Å². The van der Waals surface area contributed by atoms with Crippen molar-refractivity contribution >= 4 is 11.9 Å². The number of ether oxygens (including phenoxy) is 3. The highest BCUT2D eigenvalue weighted by Crippen LogP contribution is 2.24. The minimum absolute atomic E-state index is 0.153. The quantitative estimate of drug-likeness (QED) is 0.0264. The van der Waals surface area contributed by atoms with Crippen molar-refractivity contribution in [3.63, 3.8) is 0 Å². The number of quaternary nitrogens is 1. The van der Waals surface area contributed by atoms with E-state index in [4.69, 9.17) is 14.2 Å². The predicted octanol–water partition coefficient (Wildman–Crippen LogP) is 16.0. The molecule has 0 aromatic heterocycles. The molecule has 0 radical (unpaired) electrons. The predicted molar refractivity (Wildman–Crippen MR) is 255 cm³/mol. The Bertz CT molecular complexity index is 885. The van der Waals surface area contributed by atoms with Gasteiger partial charge in [0.05, 0.1) is 21.1 Å². The lowest BCUT2D eigenvalue weighted by atomic mass is 9.98. The minimum atomic E-state index is -0.665. The molecule has 0 aliphatic rings. The summed E-state index contributed by atoms with van der Waals surface area (Å²) in [5.41, 5.74) is -0.665. The van der Waals surface area contributed by atoms with Crippen LogP contribution in [0.2, 0.25) is 0 Å². The number of rotatable bonds is 47. The van der Waals surface area contributed by atoms with Gasteiger partial charge in [-0.15, -0.1) is 0 Å². The lowest BCUT2D eigenvalue weighted by molar-refractivity contribution is -0.925. The van der Waals surface area contributed by atoms with Gasteiger partial charge in [0.1, 0.15) is 6.61 Å². The van der Waals surface area contributed by atoms with Crippen LogP contribution < -0.4 is 0 Å². The third kappa shape index (κ3) is 38.0. The summed E-state index contributed by atoms with van der Waals surface area (Å²) in [6.45, 7) is 8.25. The average Bonchev–Trinajstić information content (AvgIpc) is 3.21. The molecule has 0 bridgehead atoms. The number of carbonyl (C=O) groups excluding carboxylic acids is 2. The van der Waals surface area contributed by atoms with E-state index in [9.17, 15) is 9.59 Å². The minimum Gasteiger partial charge on any atom is -0.459 e. The molecule has 0 saturated carbocycles. The van der Waals surface area contributed by atoms with E-state index in [-0.39, 0.29) is 25.2 Å². The number of likely N-dealkylation sites (N-methyl/N-ethyl adjacent to an activating group) is 1. The monoisotopic (exact) mass is 835 g/mol. The number of carbonyl (C=O) groups is 2. The molecule has 0 atom stereocenters. The summed E-state index contributed by atoms with van der Waals surface area (Å²) in [6, 6.07) is 0. The van der Waals surface area contributed by atoms with Gasteiger partial charge in [0.2, 0.25) is 0 Å². The zero-order valence-corrected chi connectivity index (χ0v) is 40.8. The lowest BCUT2D eigenvalue weighted by Gasteiger charge is -2.44. The molecule has 0 saturated heterocycles. The second kappa shape index (κ2) is 43.3. The molecular formula is C53H104NO5+. The van der Waals surface area contributed by atoms with E-state index in [1.54, 1.807) is 0 Å². The SMILES string of the molecule is CCCCCCCC/C=C\CCCCCCCCOCC(COC(=O)CCCCCCCCCCCCC)(COC(=O)CCCCCCCCCCCCC)[N+](C)(C)C. The average molecular weight is 835 g/mol. The fourth-order valence-corrected chi connectivity index (χ4v) is 7.86. The highest BCUT2D eigenvalue weighted by molar-refractivity contribution is 5.70. The van der Waals surface area contributed by atoms with E-state index < -0.39 is 5.54 Å². The standard InChI is InChI=1S/C53H104NO5/c1-7-10-13-16-19-22-25-26-27-28-29-32-35-38-41-44-47-57-48-53(54(4,5)6,49-58-51(55)45-42-39-36-33-30-23-20-17-14-11-8-2)50-59-52(56)46-43-40-37-34-31-24-21-18-15-12-9-3/h26-27H,7-25,28-50H2,1-6H3/q+1/b27-26-. The van der Waals surface area contributed by atoms with Crippen molar-refractivity contribution in [2.75, 3.05) is 47.6 Å². The molecule has 6 nitrogen and oxygen atoms in total. The first-order valence-corrected chi connectivity index (χ1v) is 26.1. The van der Waals surface area contributed by atoms with Crippen molar-refractivity contribution < 1.29 is 28.3 Å². The van der Waals surface area contributed by atoms with Gasteiger partial charge in [-0.1, -0.05) is 219 Å². The van der Waals surface area contributed by atoms with Gasteiger partial charge < -0.3 is 18.7 Å². The van der Waals surface area contributed by atoms with Crippen LogP contribution in [0.15, 0.2) is 12.2 Å². The maximum absolute atomic E-state index is 13.0. The molecule has 0 N–H and O–H groups in total. The molecule has 0 heterocycles. The molecule has 0 amide bonds. The van der Waals surface area contributed by atoms with Gasteiger partial charge in [-0.2, -0.15) is 0 Å². The summed E-state index contributed by atoms with van der Waals surface area (Å²) in [5, 5.41) is 0. The van der Waals surface area contributed by atoms with Crippen LogP contribution in [-0.2, 0) is 23.8 Å². The third-order valence-corrected chi connectivity index (χ3v) is 12.6. The molecule has 59 heavy (non-hydrogen) atoms. The Morgan fingerprint density at radius 1 is 0.390 bits per heavy atom. The van der Waals surface area contributed by atoms with Crippen molar-refractivity contribution in [2.24, 2.45) is 0 Å². The van der Waals surface area contributed by atoms with E-state index in [1.165, 1.54) is 193 Å². The lowest BCUT2D eigenvalue weighted by Crippen LogP contribution is -2.65. The molecule has 0 aliphatic carbocycles. The number of hydrogen-bond donors (Lipinski definition) is 0. The van der Waals surface area contributed by atoms with E-state index in [1.807, 2.05) is 0 Å². The van der Waals surface area contributed by atoms with Crippen LogP contribution in [0.25, 0.3) is 0 Å². The van der Waals surface area contributed by atoms with Crippen molar-refractivity contribution in [1.29, 1.82) is 0 Å². The first-order valence-electron chi connectivity index (χ1n) is 26.1. The third-order valence-electron chi connectivity index (χ3n) is 12.6. The van der Waals surface area contributed by atoms with Crippen LogP contribution in [0.3, 0.4) is 0 Å². The summed E-state index contributed by atoms with van der Waals surface area (Å²) in [5.74, 6) is -0.307. The van der Waals surface area contributed by atoms with Gasteiger partial charge in [0, 0.05) is 19.4 Å². The van der Waals surface area contributed by atoms with E-state index in [2.05, 4.69) is 54.1 Å². The number of unbranched alkanes of at least 4 members (excludes halogenated alkanes) is 32. The van der Waals surface area contributed by atoms with Crippen LogP contribution in [0.1, 0.15) is 265 Å². The first-order chi connectivity index (χ1) is 28.7. The topological polar surface area (TPSA) is 61.8 Å². The second-order valence-electron chi connectivity index (χ2n) is 19.1. The largest absolute Gasteiger partial charge is 0.459 e. The number of nitrogens with zero attached hydrogens (tertiary/aromatic N) is 1. The summed E-state index contributed by atoms with van der Waals surface area (Å²) >= 11 is 0. The molecule has 0 unspecified atom stereocenters. The smallest absolute Gasteiger partial charge is 0.306 e. The normalized spacial score (nSPS) is 12.2. The van der Waals surface area contributed by atoms with Gasteiger partial charge in [0.15, 0.2) is 18.8 Å². The highest BCUT2D eigenvalue weighted by Gasteiger charge is 2.46. The van der Waals surface area contributed by atoms with Gasteiger partial charge in [-0.05, 0) is 44.9 Å². The molecular weight excluding hydrogens is 731 g/mol. The first kappa shape index (κ1) is 57.6. The summed E-state index contributed by atoms with van der Waals surface area (Å²) in [4.78, 5) is 26.0. The zero-order valence-electron chi connectivity index (χ0n) is 40.8. The molecule has 0 spiro atoms. The second-order valence-corrected chi connectivity index (χ2v) is 19.1. The fourth-order valence-electron chi connectivity index (χ4n) is 7.86. The van der Waals surface area contributed by atoms with Gasteiger partial charge in [-0.3, -0.25) is 9.59 Å². The van der Waals surface area contributed by atoms with E-state index in [0.717, 1.165) is 38.5 Å². The number of allylic oxidation sites excluding steroid dienone is 2. The Balaban J connectivity index is 4.71. The molecule has 0 aliphatic heterocycles. The molecule has 350 valence electrons. The molecule has 0 aromatic carbocycles. The highest BCUT2D eigenvalue weighted by atomic mass is 16.6. The van der Waals surface area contributed by atoms with Gasteiger partial charge >= 0.3 is 11.9 Å². The molecule has 0 aromatic rings. The van der Waals surface area contributed by atoms with Crippen molar-refractivity contribution in [3.05, 3.63) is 12.2 Å². The van der Waals surface area contributed by atoms with Crippen molar-refractivity contribution in [2.45, 2.75) is 270 Å². The van der Waals surface area contributed by atoms with E-state index in [0.29, 0.717) is 30.5 Å². The molecule has 0 fully saturated rings.